The molecule has 1 atom stereocenters. The molecule has 0 spiro atoms. The van der Waals surface area contributed by atoms with Crippen molar-refractivity contribution in [3.63, 3.8) is 0 Å². The molecule has 0 aliphatic rings. The van der Waals surface area contributed by atoms with Gasteiger partial charge in [-0.1, -0.05) is 0 Å². The zero-order valence-corrected chi connectivity index (χ0v) is 9.90. The zero-order chi connectivity index (χ0) is 12.1. The lowest BCUT2D eigenvalue weighted by Gasteiger charge is -2.20. The van der Waals surface area contributed by atoms with E-state index in [2.05, 4.69) is 10.3 Å². The summed E-state index contributed by atoms with van der Waals surface area (Å²) in [5.74, 6) is -0.159. The van der Waals surface area contributed by atoms with Crippen LogP contribution in [0.2, 0.25) is 0 Å². The molecule has 5 nitrogen and oxygen atoms in total. The van der Waals surface area contributed by atoms with E-state index in [9.17, 15) is 4.79 Å². The second kappa shape index (κ2) is 5.46. The number of amides is 1. The number of likely N-dealkylation sites (N-methyl/N-ethyl adjacent to an activating group) is 1. The van der Waals surface area contributed by atoms with E-state index in [1.54, 1.807) is 12.3 Å². The molecule has 5 heteroatoms. The molecule has 1 aromatic rings. The van der Waals surface area contributed by atoms with Gasteiger partial charge in [0.05, 0.1) is 17.4 Å². The first-order valence-corrected chi connectivity index (χ1v) is 5.16. The van der Waals surface area contributed by atoms with E-state index in [0.29, 0.717) is 17.8 Å². The van der Waals surface area contributed by atoms with Crippen LogP contribution in [0.5, 0.6) is 0 Å². The minimum absolute atomic E-state index is 0.159. The van der Waals surface area contributed by atoms with Crippen LogP contribution in [0.15, 0.2) is 18.5 Å². The van der Waals surface area contributed by atoms with Gasteiger partial charge in [-0.3, -0.25) is 9.78 Å². The molecule has 0 bridgehead atoms. The summed E-state index contributed by atoms with van der Waals surface area (Å²) in [5, 5.41) is 2.83. The Balaban J connectivity index is 2.57. The minimum atomic E-state index is -0.159. The first kappa shape index (κ1) is 12.4. The van der Waals surface area contributed by atoms with Crippen molar-refractivity contribution in [3.8, 4) is 0 Å². The lowest BCUT2D eigenvalue weighted by Crippen LogP contribution is -2.38. The molecule has 1 unspecified atom stereocenters. The lowest BCUT2D eigenvalue weighted by molar-refractivity contribution is 0.0944. The molecule has 0 saturated heterocycles. The molecule has 1 heterocycles. The SMILES string of the molecule is CC(CNC(=O)c1ccncc1N)N(C)C. The van der Waals surface area contributed by atoms with Crippen LogP contribution in [-0.2, 0) is 0 Å². The van der Waals surface area contributed by atoms with Crippen LogP contribution in [0.25, 0.3) is 0 Å². The van der Waals surface area contributed by atoms with Crippen LogP contribution >= 0.6 is 0 Å². The van der Waals surface area contributed by atoms with Gasteiger partial charge in [0.2, 0.25) is 0 Å². The summed E-state index contributed by atoms with van der Waals surface area (Å²) >= 11 is 0. The number of nitrogen functional groups attached to an aromatic ring is 1. The number of hydrogen-bond acceptors (Lipinski definition) is 4. The Hall–Kier alpha value is -1.62. The molecule has 3 N–H and O–H groups in total. The normalized spacial score (nSPS) is 12.5. The van der Waals surface area contributed by atoms with E-state index in [0.717, 1.165) is 0 Å². The van der Waals surface area contributed by atoms with Crippen LogP contribution in [0.3, 0.4) is 0 Å². The second-order valence-electron chi connectivity index (χ2n) is 3.99. The standard InChI is InChI=1S/C11H18N4O/c1-8(15(2)3)6-14-11(16)9-4-5-13-7-10(9)12/h4-5,7-8H,6,12H2,1-3H3,(H,14,16). The van der Waals surface area contributed by atoms with E-state index in [4.69, 9.17) is 5.73 Å². The molecule has 1 rings (SSSR count). The smallest absolute Gasteiger partial charge is 0.253 e. The highest BCUT2D eigenvalue weighted by atomic mass is 16.1. The number of pyridine rings is 1. The number of nitrogens with two attached hydrogens (primary N) is 1. The Morgan fingerprint density at radius 2 is 2.31 bits per heavy atom. The van der Waals surface area contributed by atoms with Crippen molar-refractivity contribution in [3.05, 3.63) is 24.0 Å². The monoisotopic (exact) mass is 222 g/mol. The van der Waals surface area contributed by atoms with Crippen molar-refractivity contribution in [1.82, 2.24) is 15.2 Å². The maximum absolute atomic E-state index is 11.8. The lowest BCUT2D eigenvalue weighted by atomic mass is 10.2. The summed E-state index contributed by atoms with van der Waals surface area (Å²) in [6.45, 7) is 2.63. The summed E-state index contributed by atoms with van der Waals surface area (Å²) in [4.78, 5) is 17.6. The fourth-order valence-electron chi connectivity index (χ4n) is 1.13. The van der Waals surface area contributed by atoms with Crippen molar-refractivity contribution >= 4 is 11.6 Å². The number of nitrogens with zero attached hydrogens (tertiary/aromatic N) is 2. The Labute approximate surface area is 95.7 Å². The van der Waals surface area contributed by atoms with Crippen LogP contribution < -0.4 is 11.1 Å². The molecule has 0 aliphatic carbocycles. The average Bonchev–Trinajstić information content (AvgIpc) is 2.25. The molecule has 16 heavy (non-hydrogen) atoms. The summed E-state index contributed by atoms with van der Waals surface area (Å²) in [6.07, 6.45) is 3.03. The largest absolute Gasteiger partial charge is 0.397 e. The topological polar surface area (TPSA) is 71.2 Å². The van der Waals surface area contributed by atoms with Gasteiger partial charge in [-0.25, -0.2) is 0 Å². The molecular weight excluding hydrogens is 204 g/mol. The van der Waals surface area contributed by atoms with Crippen LogP contribution in [0.4, 0.5) is 5.69 Å². The Morgan fingerprint density at radius 3 is 2.88 bits per heavy atom. The molecule has 0 radical (unpaired) electrons. The first-order valence-electron chi connectivity index (χ1n) is 5.16. The molecular formula is C11H18N4O. The highest BCUT2D eigenvalue weighted by Gasteiger charge is 2.11. The summed E-state index contributed by atoms with van der Waals surface area (Å²) in [5.41, 5.74) is 6.53. The number of aromatic nitrogens is 1. The van der Waals surface area contributed by atoms with E-state index in [1.807, 2.05) is 25.9 Å². The number of anilines is 1. The van der Waals surface area contributed by atoms with Crippen molar-refractivity contribution in [2.75, 3.05) is 26.4 Å². The molecule has 0 fully saturated rings. The van der Waals surface area contributed by atoms with Crippen molar-refractivity contribution < 1.29 is 4.79 Å². The van der Waals surface area contributed by atoms with Gasteiger partial charge in [-0.2, -0.15) is 0 Å². The quantitative estimate of drug-likeness (QED) is 0.771. The number of carbonyl (C=O) groups excluding carboxylic acids is 1. The van der Waals surface area contributed by atoms with Gasteiger partial charge in [0.1, 0.15) is 0 Å². The highest BCUT2D eigenvalue weighted by molar-refractivity contribution is 5.98. The maximum atomic E-state index is 11.8. The Bertz CT molecular complexity index is 365. The summed E-state index contributed by atoms with van der Waals surface area (Å²) < 4.78 is 0. The third-order valence-corrected chi connectivity index (χ3v) is 2.54. The van der Waals surface area contributed by atoms with Crippen molar-refractivity contribution in [1.29, 1.82) is 0 Å². The minimum Gasteiger partial charge on any atom is -0.397 e. The second-order valence-corrected chi connectivity index (χ2v) is 3.99. The third-order valence-electron chi connectivity index (χ3n) is 2.54. The van der Waals surface area contributed by atoms with Crippen LogP contribution in [0, 0.1) is 0 Å². The van der Waals surface area contributed by atoms with Gasteiger partial charge < -0.3 is 16.0 Å². The van der Waals surface area contributed by atoms with E-state index < -0.39 is 0 Å². The van der Waals surface area contributed by atoms with Crippen LogP contribution in [0.1, 0.15) is 17.3 Å². The first-order chi connectivity index (χ1) is 7.52. The predicted molar refractivity (Wildman–Crippen MR) is 64.1 cm³/mol. The van der Waals surface area contributed by atoms with Gasteiger partial charge >= 0.3 is 0 Å². The highest BCUT2D eigenvalue weighted by Crippen LogP contribution is 2.07. The average molecular weight is 222 g/mol. The van der Waals surface area contributed by atoms with Gasteiger partial charge in [0, 0.05) is 18.8 Å². The van der Waals surface area contributed by atoms with Gasteiger partial charge in [-0.15, -0.1) is 0 Å². The van der Waals surface area contributed by atoms with Gasteiger partial charge in [-0.05, 0) is 27.1 Å². The van der Waals surface area contributed by atoms with E-state index in [1.165, 1.54) is 6.20 Å². The fourth-order valence-corrected chi connectivity index (χ4v) is 1.13. The number of hydrogen-bond donors (Lipinski definition) is 2. The van der Waals surface area contributed by atoms with Crippen molar-refractivity contribution in [2.24, 2.45) is 0 Å². The zero-order valence-electron chi connectivity index (χ0n) is 9.90. The molecule has 1 aromatic heterocycles. The Morgan fingerprint density at radius 1 is 1.62 bits per heavy atom. The number of rotatable bonds is 4. The number of carbonyl (C=O) groups is 1. The Kier molecular flexibility index (Phi) is 4.25. The predicted octanol–water partition coefficient (Wildman–Crippen LogP) is 0.344. The molecule has 0 aliphatic heterocycles. The molecule has 88 valence electrons. The maximum Gasteiger partial charge on any atom is 0.253 e. The van der Waals surface area contributed by atoms with E-state index in [-0.39, 0.29) is 11.9 Å². The molecule has 0 saturated carbocycles. The third kappa shape index (κ3) is 3.20. The van der Waals surface area contributed by atoms with Gasteiger partial charge in [0.15, 0.2) is 0 Å². The number of nitrogens with one attached hydrogen (secondary N) is 1. The molecule has 0 aromatic carbocycles. The van der Waals surface area contributed by atoms with Crippen molar-refractivity contribution in [2.45, 2.75) is 13.0 Å². The van der Waals surface area contributed by atoms with E-state index >= 15 is 0 Å². The fraction of sp³-hybridized carbons (Fsp3) is 0.455. The summed E-state index contributed by atoms with van der Waals surface area (Å²) in [6, 6.07) is 1.90. The molecule has 1 amide bonds. The summed E-state index contributed by atoms with van der Waals surface area (Å²) in [7, 11) is 3.94. The van der Waals surface area contributed by atoms with Gasteiger partial charge in [0.25, 0.3) is 5.91 Å². The van der Waals surface area contributed by atoms with Crippen LogP contribution in [-0.4, -0.2) is 42.5 Å².